The van der Waals surface area contributed by atoms with Crippen LogP contribution in [0.2, 0.25) is 0 Å². The third-order valence-electron chi connectivity index (χ3n) is 5.76. The van der Waals surface area contributed by atoms with Gasteiger partial charge in [-0.05, 0) is 25.3 Å². The van der Waals surface area contributed by atoms with E-state index < -0.39 is 0 Å². The van der Waals surface area contributed by atoms with Crippen LogP contribution in [0.25, 0.3) is 10.9 Å². The average molecular weight is 445 g/mol. The van der Waals surface area contributed by atoms with Crippen LogP contribution >= 0.6 is 0 Å². The quantitative estimate of drug-likeness (QED) is 0.668. The number of aromatic nitrogens is 2. The highest BCUT2D eigenvalue weighted by molar-refractivity contribution is 5.81. The number of hydrogen-bond acceptors (Lipinski definition) is 6. The van der Waals surface area contributed by atoms with Crippen molar-refractivity contribution in [2.24, 2.45) is 5.92 Å². The SMILES string of the molecule is COc1cc2ncn(CCCC(=O)N3CCC[C@@H](NC(=O)C(C)C)C3)c(=O)c2cc1OC. The predicted molar refractivity (Wildman–Crippen MR) is 121 cm³/mol. The number of benzene rings is 1. The number of likely N-dealkylation sites (tertiary alicyclic amines) is 1. The molecule has 0 saturated carbocycles. The van der Waals surface area contributed by atoms with Crippen LogP contribution in [-0.2, 0) is 16.1 Å². The molecule has 1 aliphatic rings. The summed E-state index contributed by atoms with van der Waals surface area (Å²) in [4.78, 5) is 43.7. The van der Waals surface area contributed by atoms with E-state index in [9.17, 15) is 14.4 Å². The zero-order valence-corrected chi connectivity index (χ0v) is 19.2. The van der Waals surface area contributed by atoms with Gasteiger partial charge in [-0.3, -0.25) is 19.0 Å². The Labute approximate surface area is 187 Å². The van der Waals surface area contributed by atoms with Gasteiger partial charge in [-0.15, -0.1) is 0 Å². The van der Waals surface area contributed by atoms with Gasteiger partial charge in [0.15, 0.2) is 11.5 Å². The maximum atomic E-state index is 12.9. The van der Waals surface area contributed by atoms with Gasteiger partial charge >= 0.3 is 0 Å². The molecule has 174 valence electrons. The maximum absolute atomic E-state index is 12.9. The molecule has 2 heterocycles. The van der Waals surface area contributed by atoms with Crippen molar-refractivity contribution >= 4 is 22.7 Å². The number of ether oxygens (including phenoxy) is 2. The van der Waals surface area contributed by atoms with E-state index in [1.54, 1.807) is 12.1 Å². The Morgan fingerprint density at radius 3 is 2.62 bits per heavy atom. The molecule has 1 aromatic heterocycles. The number of piperidine rings is 1. The molecule has 2 aromatic rings. The van der Waals surface area contributed by atoms with Gasteiger partial charge in [0.25, 0.3) is 5.56 Å². The largest absolute Gasteiger partial charge is 0.493 e. The highest BCUT2D eigenvalue weighted by atomic mass is 16.5. The summed E-state index contributed by atoms with van der Waals surface area (Å²) in [6.45, 7) is 5.35. The third kappa shape index (κ3) is 5.38. The van der Waals surface area contributed by atoms with Gasteiger partial charge < -0.3 is 19.7 Å². The third-order valence-corrected chi connectivity index (χ3v) is 5.76. The summed E-state index contributed by atoms with van der Waals surface area (Å²) in [5.74, 6) is 0.968. The minimum Gasteiger partial charge on any atom is -0.493 e. The highest BCUT2D eigenvalue weighted by Crippen LogP contribution is 2.29. The van der Waals surface area contributed by atoms with E-state index in [1.807, 2.05) is 18.7 Å². The summed E-state index contributed by atoms with van der Waals surface area (Å²) in [7, 11) is 3.05. The Morgan fingerprint density at radius 2 is 1.94 bits per heavy atom. The van der Waals surface area contributed by atoms with Crippen LogP contribution in [0.4, 0.5) is 0 Å². The zero-order valence-electron chi connectivity index (χ0n) is 19.2. The number of fused-ring (bicyclic) bond motifs is 1. The summed E-state index contributed by atoms with van der Waals surface area (Å²) in [5, 5.41) is 3.46. The van der Waals surface area contributed by atoms with E-state index >= 15 is 0 Å². The summed E-state index contributed by atoms with van der Waals surface area (Å²) in [6, 6.07) is 3.31. The zero-order chi connectivity index (χ0) is 23.3. The van der Waals surface area contributed by atoms with Crippen molar-refractivity contribution in [3.05, 3.63) is 28.8 Å². The molecule has 9 heteroatoms. The molecule has 3 rings (SSSR count). The first-order chi connectivity index (χ1) is 15.3. The first kappa shape index (κ1) is 23.6. The van der Waals surface area contributed by atoms with Gasteiger partial charge in [-0.2, -0.15) is 0 Å². The van der Waals surface area contributed by atoms with Crippen molar-refractivity contribution in [3.63, 3.8) is 0 Å². The fourth-order valence-electron chi connectivity index (χ4n) is 3.89. The van der Waals surface area contributed by atoms with Gasteiger partial charge in [-0.25, -0.2) is 4.98 Å². The number of aryl methyl sites for hydroxylation is 1. The van der Waals surface area contributed by atoms with Crippen molar-refractivity contribution in [1.29, 1.82) is 0 Å². The fourth-order valence-corrected chi connectivity index (χ4v) is 3.89. The predicted octanol–water partition coefficient (Wildman–Crippen LogP) is 1.96. The van der Waals surface area contributed by atoms with Crippen LogP contribution in [0.15, 0.2) is 23.3 Å². The van der Waals surface area contributed by atoms with Crippen molar-refractivity contribution in [2.75, 3.05) is 27.3 Å². The lowest BCUT2D eigenvalue weighted by atomic mass is 10.0. The van der Waals surface area contributed by atoms with E-state index in [0.29, 0.717) is 54.9 Å². The Morgan fingerprint density at radius 1 is 1.22 bits per heavy atom. The lowest BCUT2D eigenvalue weighted by molar-refractivity contribution is -0.134. The number of carbonyl (C=O) groups is 2. The van der Waals surface area contributed by atoms with Gasteiger partial charge in [0.1, 0.15) is 0 Å². The number of methoxy groups -OCH3 is 2. The molecule has 0 bridgehead atoms. The van der Waals surface area contributed by atoms with Crippen molar-refractivity contribution in [1.82, 2.24) is 19.8 Å². The van der Waals surface area contributed by atoms with Gasteiger partial charge in [0.05, 0.1) is 31.4 Å². The van der Waals surface area contributed by atoms with E-state index in [2.05, 4.69) is 10.3 Å². The number of nitrogens with zero attached hydrogens (tertiary/aromatic N) is 3. The number of nitrogens with one attached hydrogen (secondary N) is 1. The Hall–Kier alpha value is -3.10. The van der Waals surface area contributed by atoms with E-state index in [1.165, 1.54) is 25.1 Å². The molecule has 0 spiro atoms. The van der Waals surface area contributed by atoms with Crippen LogP contribution in [0, 0.1) is 5.92 Å². The number of rotatable bonds is 8. The molecule has 1 N–H and O–H groups in total. The van der Waals surface area contributed by atoms with E-state index in [4.69, 9.17) is 9.47 Å². The first-order valence-electron chi connectivity index (χ1n) is 11.0. The van der Waals surface area contributed by atoms with Crippen LogP contribution < -0.4 is 20.3 Å². The second-order valence-electron chi connectivity index (χ2n) is 8.41. The molecule has 0 aliphatic carbocycles. The normalized spacial score (nSPS) is 16.3. The second-order valence-corrected chi connectivity index (χ2v) is 8.41. The summed E-state index contributed by atoms with van der Waals surface area (Å²) in [6.07, 6.45) is 4.11. The van der Waals surface area contributed by atoms with Gasteiger partial charge in [-0.1, -0.05) is 13.8 Å². The average Bonchev–Trinajstić information content (AvgIpc) is 2.79. The summed E-state index contributed by atoms with van der Waals surface area (Å²) < 4.78 is 12.1. The topological polar surface area (TPSA) is 103 Å². The number of hydrogen-bond donors (Lipinski definition) is 1. The first-order valence-corrected chi connectivity index (χ1v) is 11.0. The molecule has 0 unspecified atom stereocenters. The molecule has 9 nitrogen and oxygen atoms in total. The van der Waals surface area contributed by atoms with E-state index in [0.717, 1.165) is 12.8 Å². The van der Waals surface area contributed by atoms with Crippen LogP contribution in [0.5, 0.6) is 11.5 Å². The molecule has 1 aromatic carbocycles. The Balaban J connectivity index is 1.60. The van der Waals surface area contributed by atoms with Crippen molar-refractivity contribution in [3.8, 4) is 11.5 Å². The van der Waals surface area contributed by atoms with Crippen molar-refractivity contribution < 1.29 is 19.1 Å². The Bertz CT molecular complexity index is 1030. The fraction of sp³-hybridized carbons (Fsp3) is 0.565. The monoisotopic (exact) mass is 444 g/mol. The molecule has 2 amide bonds. The molecule has 32 heavy (non-hydrogen) atoms. The molecule has 1 atom stereocenters. The van der Waals surface area contributed by atoms with Gasteiger partial charge in [0, 0.05) is 44.1 Å². The van der Waals surface area contributed by atoms with E-state index in [-0.39, 0.29) is 29.3 Å². The molecule has 1 saturated heterocycles. The van der Waals surface area contributed by atoms with Crippen LogP contribution in [0.1, 0.15) is 39.5 Å². The molecular weight excluding hydrogens is 412 g/mol. The van der Waals surface area contributed by atoms with Crippen LogP contribution in [0.3, 0.4) is 0 Å². The minimum absolute atomic E-state index is 0.00174. The lowest BCUT2D eigenvalue weighted by Crippen LogP contribution is -2.50. The minimum atomic E-state index is -0.183. The second kappa shape index (κ2) is 10.5. The molecular formula is C23H32N4O5. The summed E-state index contributed by atoms with van der Waals surface area (Å²) in [5.41, 5.74) is 0.348. The summed E-state index contributed by atoms with van der Waals surface area (Å²) >= 11 is 0. The van der Waals surface area contributed by atoms with Crippen LogP contribution in [-0.4, -0.2) is 59.6 Å². The molecule has 1 fully saturated rings. The van der Waals surface area contributed by atoms with Gasteiger partial charge in [0.2, 0.25) is 11.8 Å². The Kier molecular flexibility index (Phi) is 7.71. The molecule has 1 aliphatic heterocycles. The lowest BCUT2D eigenvalue weighted by Gasteiger charge is -2.33. The number of amides is 2. The highest BCUT2D eigenvalue weighted by Gasteiger charge is 2.25. The standard InChI is InChI=1S/C23H32N4O5/c1-15(2)22(29)25-16-7-5-9-26(13-16)21(28)8-6-10-27-14-24-18-12-20(32-4)19(31-3)11-17(18)23(27)30/h11-12,14-16H,5-10,13H2,1-4H3,(H,25,29)/t16-/m1/s1. The van der Waals surface area contributed by atoms with Crippen molar-refractivity contribution in [2.45, 2.75) is 52.1 Å². The molecule has 0 radical (unpaired) electrons. The smallest absolute Gasteiger partial charge is 0.261 e. The maximum Gasteiger partial charge on any atom is 0.261 e. The number of carbonyl (C=O) groups excluding carboxylic acids is 2.